The van der Waals surface area contributed by atoms with E-state index < -0.39 is 47.2 Å². The van der Waals surface area contributed by atoms with Gasteiger partial charge in [-0.2, -0.15) is 0 Å². The predicted octanol–water partition coefficient (Wildman–Crippen LogP) is 2.30. The Morgan fingerprint density at radius 1 is 1.04 bits per heavy atom. The van der Waals surface area contributed by atoms with Crippen molar-refractivity contribution in [3.8, 4) is 5.75 Å². The predicted molar refractivity (Wildman–Crippen MR) is 165 cm³/mol. The zero-order valence-corrected chi connectivity index (χ0v) is 26.6. The third-order valence-electron chi connectivity index (χ3n) is 6.93. The maximum absolute atomic E-state index is 14.6. The summed E-state index contributed by atoms with van der Waals surface area (Å²) in [6.07, 6.45) is -2.05. The van der Waals surface area contributed by atoms with E-state index >= 15 is 0 Å². The number of thioether (sulfide) groups is 1. The third kappa shape index (κ3) is 9.74. The van der Waals surface area contributed by atoms with Crippen LogP contribution in [0.3, 0.4) is 0 Å². The molecule has 3 rings (SSSR count). The Hall–Kier alpha value is -4.01. The highest BCUT2D eigenvalue weighted by Gasteiger charge is 2.39. The van der Waals surface area contributed by atoms with Gasteiger partial charge in [0.2, 0.25) is 29.5 Å². The normalized spacial score (nSPS) is 16.1. The minimum atomic E-state index is -1.99. The molecular weight excluding hydrogens is 607 g/mol. The molecule has 1 aliphatic rings. The van der Waals surface area contributed by atoms with Crippen molar-refractivity contribution in [1.29, 1.82) is 0 Å². The lowest BCUT2D eigenvalue weighted by Crippen LogP contribution is -2.50. The summed E-state index contributed by atoms with van der Waals surface area (Å²) in [5, 5.41) is 26.3. The van der Waals surface area contributed by atoms with E-state index in [1.165, 1.54) is 37.7 Å². The molecule has 3 atom stereocenters. The molecule has 12 nitrogen and oxygen atoms in total. The number of likely N-dealkylation sites (tertiary alicyclic amines) is 1. The average Bonchev–Trinajstić information content (AvgIpc) is 3.22. The van der Waals surface area contributed by atoms with Crippen LogP contribution in [0.15, 0.2) is 36.4 Å². The van der Waals surface area contributed by atoms with Gasteiger partial charge in [-0.15, -0.1) is 11.8 Å². The summed E-state index contributed by atoms with van der Waals surface area (Å²) in [6, 6.07) is 7.48. The molecule has 2 aromatic rings. The third-order valence-corrected chi connectivity index (χ3v) is 8.17. The number of nitrogens with one attached hydrogen (secondary N) is 3. The molecule has 3 unspecified atom stereocenters. The lowest BCUT2D eigenvalue weighted by molar-refractivity contribution is -0.139. The molecule has 0 bridgehead atoms. The molecule has 0 aliphatic carbocycles. The van der Waals surface area contributed by atoms with Gasteiger partial charge in [0.15, 0.2) is 17.9 Å². The van der Waals surface area contributed by atoms with Crippen molar-refractivity contribution < 1.29 is 43.3 Å². The first-order valence-corrected chi connectivity index (χ1v) is 15.4. The number of anilines is 1. The van der Waals surface area contributed by atoms with Gasteiger partial charge in [0.05, 0.1) is 5.25 Å². The van der Waals surface area contributed by atoms with E-state index in [1.807, 2.05) is 13.8 Å². The second-order valence-corrected chi connectivity index (χ2v) is 12.8. The van der Waals surface area contributed by atoms with Crippen molar-refractivity contribution in [3.63, 3.8) is 0 Å². The van der Waals surface area contributed by atoms with Gasteiger partial charge < -0.3 is 30.9 Å². The first-order chi connectivity index (χ1) is 21.2. The summed E-state index contributed by atoms with van der Waals surface area (Å²) >= 11 is 1.41. The van der Waals surface area contributed by atoms with Crippen LogP contribution in [0.4, 0.5) is 10.1 Å². The summed E-state index contributed by atoms with van der Waals surface area (Å²) in [4.78, 5) is 63.6. The Labute approximate surface area is 265 Å². The van der Waals surface area contributed by atoms with Gasteiger partial charge in [-0.05, 0) is 55.3 Å². The van der Waals surface area contributed by atoms with E-state index in [4.69, 9.17) is 4.74 Å². The Morgan fingerprint density at radius 3 is 2.40 bits per heavy atom. The number of aliphatic hydroxyl groups is 2. The fourth-order valence-electron chi connectivity index (χ4n) is 4.57. The molecule has 0 aromatic heterocycles. The molecule has 1 heterocycles. The van der Waals surface area contributed by atoms with Crippen LogP contribution in [0, 0.1) is 12.7 Å². The minimum absolute atomic E-state index is 0.0777. The summed E-state index contributed by atoms with van der Waals surface area (Å²) in [5.41, 5.74) is 1.06. The Kier molecular flexibility index (Phi) is 12.5. The molecule has 1 fully saturated rings. The Morgan fingerprint density at radius 2 is 1.73 bits per heavy atom. The maximum Gasteiger partial charge on any atom is 0.246 e. The van der Waals surface area contributed by atoms with E-state index in [0.717, 1.165) is 4.90 Å². The van der Waals surface area contributed by atoms with Crippen LogP contribution in [0.2, 0.25) is 0 Å². The van der Waals surface area contributed by atoms with Crippen molar-refractivity contribution in [1.82, 2.24) is 15.5 Å². The molecule has 14 heteroatoms. The van der Waals surface area contributed by atoms with Crippen LogP contribution >= 0.6 is 11.8 Å². The summed E-state index contributed by atoms with van der Waals surface area (Å²) in [7, 11) is 0. The number of carbonyl (C=O) groups is 5. The van der Waals surface area contributed by atoms with Crippen LogP contribution < -0.4 is 20.7 Å². The highest BCUT2D eigenvalue weighted by atomic mass is 32.2. The number of halogens is 1. The van der Waals surface area contributed by atoms with E-state index in [2.05, 4.69) is 16.0 Å². The lowest BCUT2D eigenvalue weighted by atomic mass is 10.1. The Balaban J connectivity index is 1.47. The number of rotatable bonds is 14. The van der Waals surface area contributed by atoms with Crippen LogP contribution in [-0.2, 0) is 30.6 Å². The zero-order chi connectivity index (χ0) is 33.4. The van der Waals surface area contributed by atoms with E-state index in [9.17, 15) is 38.6 Å². The summed E-state index contributed by atoms with van der Waals surface area (Å²) in [6.45, 7) is 8.17. The van der Waals surface area contributed by atoms with Gasteiger partial charge in [0.1, 0.15) is 18.7 Å². The molecule has 0 saturated carbocycles. The number of carbonyl (C=O) groups excluding carboxylic acids is 5. The van der Waals surface area contributed by atoms with Gasteiger partial charge in [0, 0.05) is 30.6 Å². The van der Waals surface area contributed by atoms with Crippen LogP contribution in [0.25, 0.3) is 0 Å². The first kappa shape index (κ1) is 35.5. The maximum atomic E-state index is 14.6. The van der Waals surface area contributed by atoms with Gasteiger partial charge in [-0.25, -0.2) is 4.39 Å². The smallest absolute Gasteiger partial charge is 0.246 e. The second kappa shape index (κ2) is 15.8. The van der Waals surface area contributed by atoms with E-state index in [1.54, 1.807) is 31.2 Å². The zero-order valence-electron chi connectivity index (χ0n) is 25.8. The molecule has 2 aromatic carbocycles. The van der Waals surface area contributed by atoms with Gasteiger partial charge in [-0.3, -0.25) is 28.9 Å². The minimum Gasteiger partial charge on any atom is -0.486 e. The number of hydrogen-bond donors (Lipinski definition) is 5. The number of amides is 5. The highest BCUT2D eigenvalue weighted by molar-refractivity contribution is 8.01. The van der Waals surface area contributed by atoms with Crippen LogP contribution in [0.1, 0.15) is 63.5 Å². The fourth-order valence-corrected chi connectivity index (χ4v) is 5.71. The molecule has 1 aliphatic heterocycles. The number of aliphatic hydroxyl groups excluding tert-OH is 1. The van der Waals surface area contributed by atoms with Gasteiger partial charge >= 0.3 is 0 Å². The molecule has 244 valence electrons. The molecule has 1 saturated heterocycles. The monoisotopic (exact) mass is 646 g/mol. The van der Waals surface area contributed by atoms with Gasteiger partial charge in [0.25, 0.3) is 0 Å². The van der Waals surface area contributed by atoms with E-state index in [-0.39, 0.29) is 54.4 Å². The topological polar surface area (TPSA) is 174 Å². The molecule has 45 heavy (non-hydrogen) atoms. The average molecular weight is 647 g/mol. The molecule has 5 N–H and O–H groups in total. The lowest BCUT2D eigenvalue weighted by Gasteiger charge is -2.19. The van der Waals surface area contributed by atoms with Crippen LogP contribution in [0.5, 0.6) is 5.75 Å². The van der Waals surface area contributed by atoms with Crippen molar-refractivity contribution in [2.75, 3.05) is 11.9 Å². The number of benzene rings is 2. The summed E-state index contributed by atoms with van der Waals surface area (Å²) in [5.74, 6) is -3.35. The van der Waals surface area contributed by atoms with Crippen LogP contribution in [-0.4, -0.2) is 73.8 Å². The first-order valence-electron chi connectivity index (χ1n) is 14.4. The molecule has 0 spiro atoms. The highest BCUT2D eigenvalue weighted by Crippen LogP contribution is 2.29. The van der Waals surface area contributed by atoms with Crippen molar-refractivity contribution in [2.45, 2.75) is 82.9 Å². The van der Waals surface area contributed by atoms with Crippen molar-refractivity contribution in [2.24, 2.45) is 0 Å². The van der Waals surface area contributed by atoms with E-state index in [0.29, 0.717) is 16.8 Å². The number of nitrogens with zero attached hydrogens (tertiary/aromatic N) is 1. The van der Waals surface area contributed by atoms with Crippen molar-refractivity contribution in [3.05, 3.63) is 58.9 Å². The second-order valence-electron chi connectivity index (χ2n) is 11.0. The summed E-state index contributed by atoms with van der Waals surface area (Å²) < 4.78 is 20.2. The number of ether oxygens (including phenoxy) is 1. The number of imide groups is 1. The standard InChI is InChI=1S/C31H39FN4O8S/c1-16(2)45-23-14-25(38)36(30(23)41)12-11-24(37)33-18(4)28(39)34-19(5)29(40)35-21-8-6-7-20(13-21)15-44-22-10-9-17(3)26(27(22)32)31(42)43/h6-10,13,16,18-19,23,31,42-43H,11-12,14-15H2,1-5H3,(H,33,37)(H,34,39)(H,35,40). The molecule has 0 radical (unpaired) electrons. The van der Waals surface area contributed by atoms with Gasteiger partial charge in [-0.1, -0.05) is 32.0 Å². The molecule has 5 amide bonds. The van der Waals surface area contributed by atoms with Crippen molar-refractivity contribution >= 4 is 47.0 Å². The fraction of sp³-hybridized carbons (Fsp3) is 0.452. The Bertz CT molecular complexity index is 1440. The largest absolute Gasteiger partial charge is 0.486 e. The molecular formula is C31H39FN4O8S. The SMILES string of the molecule is Cc1ccc(OCc2cccc(NC(=O)C(C)NC(=O)C(C)NC(=O)CCN3C(=O)CC(SC(C)C)C3=O)c2)c(F)c1C(O)O. The number of hydrogen-bond acceptors (Lipinski definition) is 9. The number of aryl methyl sites for hydroxylation is 1. The quantitative estimate of drug-likeness (QED) is 0.152.